The maximum Gasteiger partial charge on any atom is 0.123 e. The third-order valence-electron chi connectivity index (χ3n) is 3.90. The molecule has 0 saturated heterocycles. The van der Waals surface area contributed by atoms with E-state index >= 15 is 0 Å². The summed E-state index contributed by atoms with van der Waals surface area (Å²) in [4.78, 5) is 7.93. The topological polar surface area (TPSA) is 111 Å². The molecular formula is C20H17Cl2N5O. The zero-order valence-electron chi connectivity index (χ0n) is 14.7. The molecule has 0 spiro atoms. The number of ether oxygens (including phenoxy) is 1. The maximum atomic E-state index is 8.31. The number of anilines is 2. The number of nitrogen functional groups attached to an aromatic ring is 2. The molecule has 0 aliphatic rings. The number of nitrogens with one attached hydrogen (secondary N) is 1. The van der Waals surface area contributed by atoms with E-state index in [2.05, 4.69) is 9.97 Å². The fraction of sp³-hybridized carbons (Fsp3) is 0.0500. The van der Waals surface area contributed by atoms with Gasteiger partial charge in [0.1, 0.15) is 18.2 Å². The van der Waals surface area contributed by atoms with Crippen LogP contribution in [0.4, 0.5) is 11.5 Å². The molecule has 2 heterocycles. The fourth-order valence-electron chi connectivity index (χ4n) is 2.37. The van der Waals surface area contributed by atoms with Gasteiger partial charge in [-0.05, 0) is 42.0 Å². The summed E-state index contributed by atoms with van der Waals surface area (Å²) in [6.45, 7) is 0.170. The predicted octanol–water partition coefficient (Wildman–Crippen LogP) is 4.61. The maximum absolute atomic E-state index is 8.31. The standard InChI is InChI=1S/C20H17Cl2N5O/c21-16-9-26-10-17(22)15(16)11-28-13-3-5-19(24)14(7-13)18(23)4-1-12-2-6-20(25)27-8-12/h1-10,23H,11,24H2,(H2,25,27)/b4-1+,23-18?. The first-order valence-electron chi connectivity index (χ1n) is 8.23. The molecule has 6 nitrogen and oxygen atoms in total. The molecular weight excluding hydrogens is 397 g/mol. The summed E-state index contributed by atoms with van der Waals surface area (Å²) in [5.74, 6) is 0.983. The third kappa shape index (κ3) is 4.79. The lowest BCUT2D eigenvalue weighted by molar-refractivity contribution is 0.306. The Balaban J connectivity index is 1.75. The molecule has 142 valence electrons. The number of halogens is 2. The second-order valence-corrected chi connectivity index (χ2v) is 6.70. The molecule has 0 saturated carbocycles. The van der Waals surface area contributed by atoms with Crippen molar-refractivity contribution in [3.8, 4) is 5.75 Å². The van der Waals surface area contributed by atoms with Gasteiger partial charge in [-0.15, -0.1) is 0 Å². The van der Waals surface area contributed by atoms with Crippen LogP contribution >= 0.6 is 23.2 Å². The van der Waals surface area contributed by atoms with Gasteiger partial charge in [-0.2, -0.15) is 0 Å². The molecule has 0 radical (unpaired) electrons. The van der Waals surface area contributed by atoms with Crippen molar-refractivity contribution in [1.29, 1.82) is 5.41 Å². The number of aromatic nitrogens is 2. The Morgan fingerprint density at radius 3 is 2.50 bits per heavy atom. The lowest BCUT2D eigenvalue weighted by atomic mass is 10.1. The van der Waals surface area contributed by atoms with E-state index < -0.39 is 0 Å². The lowest BCUT2D eigenvalue weighted by Gasteiger charge is -2.11. The largest absolute Gasteiger partial charge is 0.489 e. The quantitative estimate of drug-likeness (QED) is 0.403. The molecule has 3 rings (SSSR count). The molecule has 3 aromatic rings. The molecule has 28 heavy (non-hydrogen) atoms. The molecule has 0 unspecified atom stereocenters. The Kier molecular flexibility index (Phi) is 6.13. The summed E-state index contributed by atoms with van der Waals surface area (Å²) in [6, 6.07) is 8.63. The molecule has 0 atom stereocenters. The van der Waals surface area contributed by atoms with Crippen molar-refractivity contribution in [1.82, 2.24) is 9.97 Å². The molecule has 0 bridgehead atoms. The highest BCUT2D eigenvalue weighted by Crippen LogP contribution is 2.26. The molecule has 5 N–H and O–H groups in total. The van der Waals surface area contributed by atoms with Crippen molar-refractivity contribution in [3.63, 3.8) is 0 Å². The van der Waals surface area contributed by atoms with Crippen LogP contribution in [0.25, 0.3) is 6.08 Å². The van der Waals surface area contributed by atoms with Crippen molar-refractivity contribution < 1.29 is 4.74 Å². The minimum absolute atomic E-state index is 0.170. The summed E-state index contributed by atoms with van der Waals surface area (Å²) >= 11 is 12.2. The van der Waals surface area contributed by atoms with E-state index in [9.17, 15) is 0 Å². The smallest absolute Gasteiger partial charge is 0.123 e. The molecule has 2 aromatic heterocycles. The third-order valence-corrected chi connectivity index (χ3v) is 4.55. The van der Waals surface area contributed by atoms with Gasteiger partial charge >= 0.3 is 0 Å². The van der Waals surface area contributed by atoms with E-state index in [1.807, 2.05) is 6.07 Å². The van der Waals surface area contributed by atoms with E-state index in [1.165, 1.54) is 12.4 Å². The van der Waals surface area contributed by atoms with Crippen molar-refractivity contribution in [2.24, 2.45) is 0 Å². The Hall–Kier alpha value is -3.09. The number of hydrogen-bond donors (Lipinski definition) is 3. The average Bonchev–Trinajstić information content (AvgIpc) is 2.68. The van der Waals surface area contributed by atoms with Gasteiger partial charge in [-0.25, -0.2) is 4.98 Å². The SMILES string of the molecule is N=C(/C=C/c1ccc(N)nc1)c1cc(OCc2c(Cl)cncc2Cl)ccc1N. The normalized spacial score (nSPS) is 10.9. The van der Waals surface area contributed by atoms with Gasteiger partial charge in [0.15, 0.2) is 0 Å². The van der Waals surface area contributed by atoms with Crippen molar-refractivity contribution >= 4 is 46.5 Å². The van der Waals surface area contributed by atoms with Crippen LogP contribution in [0.5, 0.6) is 5.75 Å². The summed E-state index contributed by atoms with van der Waals surface area (Å²) in [6.07, 6.45) is 8.04. The van der Waals surface area contributed by atoms with E-state index in [0.29, 0.717) is 38.4 Å². The Labute approximate surface area is 172 Å². The second-order valence-electron chi connectivity index (χ2n) is 5.88. The number of allylic oxidation sites excluding steroid dienone is 1. The van der Waals surface area contributed by atoms with Crippen molar-refractivity contribution in [3.05, 3.63) is 81.7 Å². The zero-order chi connectivity index (χ0) is 20.1. The molecule has 0 fully saturated rings. The highest BCUT2D eigenvalue weighted by molar-refractivity contribution is 6.35. The summed E-state index contributed by atoms with van der Waals surface area (Å²) in [5, 5.41) is 9.16. The van der Waals surface area contributed by atoms with Crippen LogP contribution in [0.15, 0.2) is 55.0 Å². The van der Waals surface area contributed by atoms with Crippen LogP contribution in [-0.2, 0) is 6.61 Å². The van der Waals surface area contributed by atoms with Gasteiger partial charge < -0.3 is 21.6 Å². The average molecular weight is 414 g/mol. The monoisotopic (exact) mass is 413 g/mol. The van der Waals surface area contributed by atoms with Crippen LogP contribution in [0.1, 0.15) is 16.7 Å². The fourth-order valence-corrected chi connectivity index (χ4v) is 2.85. The number of nitrogens with two attached hydrogens (primary N) is 2. The van der Waals surface area contributed by atoms with E-state index in [1.54, 1.807) is 42.6 Å². The number of pyridine rings is 2. The van der Waals surface area contributed by atoms with E-state index in [-0.39, 0.29) is 12.3 Å². The Morgan fingerprint density at radius 1 is 1.07 bits per heavy atom. The zero-order valence-corrected chi connectivity index (χ0v) is 16.2. The summed E-state index contributed by atoms with van der Waals surface area (Å²) < 4.78 is 5.78. The highest BCUT2D eigenvalue weighted by atomic mass is 35.5. The van der Waals surface area contributed by atoms with Gasteiger partial charge in [0, 0.05) is 35.4 Å². The second kappa shape index (κ2) is 8.73. The number of hydrogen-bond acceptors (Lipinski definition) is 6. The molecule has 0 amide bonds. The number of rotatable bonds is 6. The van der Waals surface area contributed by atoms with Crippen LogP contribution in [0.2, 0.25) is 10.0 Å². The highest BCUT2D eigenvalue weighted by Gasteiger charge is 2.09. The Morgan fingerprint density at radius 2 is 1.82 bits per heavy atom. The van der Waals surface area contributed by atoms with Gasteiger partial charge in [0.2, 0.25) is 0 Å². The molecule has 0 aliphatic heterocycles. The van der Waals surface area contributed by atoms with Crippen LogP contribution in [0.3, 0.4) is 0 Å². The lowest BCUT2D eigenvalue weighted by Crippen LogP contribution is -2.03. The molecule has 8 heteroatoms. The van der Waals surface area contributed by atoms with Crippen molar-refractivity contribution in [2.75, 3.05) is 11.5 Å². The van der Waals surface area contributed by atoms with E-state index in [0.717, 1.165) is 5.56 Å². The first-order chi connectivity index (χ1) is 13.4. The number of benzene rings is 1. The van der Waals surface area contributed by atoms with Crippen LogP contribution < -0.4 is 16.2 Å². The number of nitrogens with zero attached hydrogens (tertiary/aromatic N) is 2. The predicted molar refractivity (Wildman–Crippen MR) is 114 cm³/mol. The first-order valence-corrected chi connectivity index (χ1v) is 8.98. The molecule has 0 aliphatic carbocycles. The minimum atomic E-state index is 0.170. The van der Waals surface area contributed by atoms with Gasteiger partial charge in [-0.3, -0.25) is 4.98 Å². The Bertz CT molecular complexity index is 1020. The van der Waals surface area contributed by atoms with Crippen molar-refractivity contribution in [2.45, 2.75) is 6.61 Å². The van der Waals surface area contributed by atoms with Gasteiger partial charge in [0.05, 0.1) is 15.8 Å². The summed E-state index contributed by atoms with van der Waals surface area (Å²) in [5.41, 5.74) is 14.3. The van der Waals surface area contributed by atoms with Crippen LogP contribution in [0, 0.1) is 5.41 Å². The summed E-state index contributed by atoms with van der Waals surface area (Å²) in [7, 11) is 0. The van der Waals surface area contributed by atoms with Gasteiger partial charge in [0.25, 0.3) is 0 Å². The van der Waals surface area contributed by atoms with Gasteiger partial charge in [-0.1, -0.05) is 29.3 Å². The minimum Gasteiger partial charge on any atom is -0.489 e. The van der Waals surface area contributed by atoms with Crippen LogP contribution in [-0.4, -0.2) is 15.7 Å². The van der Waals surface area contributed by atoms with E-state index in [4.69, 9.17) is 44.8 Å². The molecule has 1 aromatic carbocycles. The first kappa shape index (κ1) is 19.7.